The molecule has 0 aliphatic rings. The number of rotatable bonds is 16. The third-order valence-corrected chi connectivity index (χ3v) is 4.07. The van der Waals surface area contributed by atoms with E-state index < -0.39 is 42.3 Å². The molecule has 0 saturated carbocycles. The van der Waals surface area contributed by atoms with Gasteiger partial charge in [0.15, 0.2) is 0 Å². The summed E-state index contributed by atoms with van der Waals surface area (Å²) in [5, 5.41) is 9.19. The Balaban J connectivity index is 5.02. The normalized spacial score (nSPS) is 12.7. The molecule has 28 heavy (non-hydrogen) atoms. The number of esters is 3. The summed E-state index contributed by atoms with van der Waals surface area (Å²) in [5.41, 5.74) is -2.22. The number of carbonyl (C=O) groups excluding carboxylic acids is 3. The van der Waals surface area contributed by atoms with Crippen LogP contribution in [0.15, 0.2) is 0 Å². The lowest BCUT2D eigenvalue weighted by atomic mass is 9.95. The molecular formula is C20H34O8. The predicted molar refractivity (Wildman–Crippen MR) is 102 cm³/mol. The van der Waals surface area contributed by atoms with Crippen molar-refractivity contribution >= 4 is 23.9 Å². The predicted octanol–water partition coefficient (Wildman–Crippen LogP) is 3.40. The Morgan fingerprint density at radius 3 is 1.79 bits per heavy atom. The highest BCUT2D eigenvalue weighted by molar-refractivity contribution is 5.91. The van der Waals surface area contributed by atoms with Crippen LogP contribution in [0.4, 0.5) is 0 Å². The number of ether oxygens (including phenoxy) is 3. The van der Waals surface area contributed by atoms with Crippen molar-refractivity contribution in [3.05, 3.63) is 0 Å². The highest BCUT2D eigenvalue weighted by atomic mass is 16.6. The Labute approximate surface area is 166 Å². The first-order chi connectivity index (χ1) is 13.3. The van der Waals surface area contributed by atoms with Gasteiger partial charge in [0.2, 0.25) is 5.60 Å². The van der Waals surface area contributed by atoms with E-state index in [4.69, 9.17) is 14.2 Å². The second-order valence-electron chi connectivity index (χ2n) is 6.81. The molecule has 0 bridgehead atoms. The third kappa shape index (κ3) is 11.6. The van der Waals surface area contributed by atoms with Crippen LogP contribution in [-0.2, 0) is 33.4 Å². The minimum absolute atomic E-state index is 0.0630. The lowest BCUT2D eigenvalue weighted by Gasteiger charge is -2.28. The van der Waals surface area contributed by atoms with Crippen LogP contribution in [-0.4, -0.2) is 47.8 Å². The molecule has 0 spiro atoms. The van der Waals surface area contributed by atoms with Crippen molar-refractivity contribution in [2.45, 2.75) is 90.6 Å². The minimum Gasteiger partial charge on any atom is -0.481 e. The Morgan fingerprint density at radius 2 is 1.32 bits per heavy atom. The lowest BCUT2D eigenvalue weighted by molar-refractivity contribution is -0.189. The summed E-state index contributed by atoms with van der Waals surface area (Å²) >= 11 is 0. The Kier molecular flexibility index (Phi) is 13.8. The van der Waals surface area contributed by atoms with Gasteiger partial charge in [0.1, 0.15) is 0 Å². The summed E-state index contributed by atoms with van der Waals surface area (Å²) in [6, 6.07) is 0. The molecule has 1 unspecified atom stereocenters. The van der Waals surface area contributed by atoms with Crippen molar-refractivity contribution in [1.82, 2.24) is 0 Å². The molecule has 0 aromatic carbocycles. The van der Waals surface area contributed by atoms with E-state index in [2.05, 4.69) is 6.92 Å². The summed E-state index contributed by atoms with van der Waals surface area (Å²) in [4.78, 5) is 47.5. The summed E-state index contributed by atoms with van der Waals surface area (Å²) in [6.07, 6.45) is 5.49. The Morgan fingerprint density at radius 1 is 0.786 bits per heavy atom. The maximum absolute atomic E-state index is 12.5. The summed E-state index contributed by atoms with van der Waals surface area (Å²) in [5.74, 6) is -4.11. The average Bonchev–Trinajstić information content (AvgIpc) is 2.59. The van der Waals surface area contributed by atoms with E-state index >= 15 is 0 Å². The number of carbonyl (C=O) groups is 4. The molecule has 0 aliphatic carbocycles. The van der Waals surface area contributed by atoms with Gasteiger partial charge in [-0.05, 0) is 12.8 Å². The molecule has 8 nitrogen and oxygen atoms in total. The van der Waals surface area contributed by atoms with Crippen LogP contribution in [0.3, 0.4) is 0 Å². The molecule has 1 N–H and O–H groups in total. The molecule has 162 valence electrons. The Bertz CT molecular complexity index is 484. The standard InChI is InChI=1S/C20H34O8/c1-4-6-8-10-12-26-18(24)15-20(14-17(22)23,28-16(3)21)19(25)27-13-11-9-7-5-2/h4-15H2,1-3H3,(H,22,23). The fraction of sp³-hybridized carbons (Fsp3) is 0.800. The first-order valence-electron chi connectivity index (χ1n) is 10.0. The third-order valence-electron chi connectivity index (χ3n) is 4.07. The molecule has 0 aromatic rings. The van der Waals surface area contributed by atoms with E-state index in [1.54, 1.807) is 0 Å². The molecule has 0 aromatic heterocycles. The van der Waals surface area contributed by atoms with Gasteiger partial charge in [-0.3, -0.25) is 14.4 Å². The molecule has 1 atom stereocenters. The van der Waals surface area contributed by atoms with Gasteiger partial charge in [0.25, 0.3) is 0 Å². The molecule has 0 aliphatic heterocycles. The minimum atomic E-state index is -2.22. The van der Waals surface area contributed by atoms with E-state index in [1.807, 2.05) is 6.92 Å². The topological polar surface area (TPSA) is 116 Å². The van der Waals surface area contributed by atoms with E-state index in [0.717, 1.165) is 45.4 Å². The Hall–Kier alpha value is -2.12. The monoisotopic (exact) mass is 402 g/mol. The smallest absolute Gasteiger partial charge is 0.351 e. The number of carboxylic acids is 1. The second kappa shape index (κ2) is 14.9. The maximum atomic E-state index is 12.5. The zero-order chi connectivity index (χ0) is 21.4. The van der Waals surface area contributed by atoms with Crippen molar-refractivity contribution in [3.63, 3.8) is 0 Å². The number of hydrogen-bond acceptors (Lipinski definition) is 7. The van der Waals surface area contributed by atoms with Crippen LogP contribution in [0, 0.1) is 0 Å². The number of hydrogen-bond donors (Lipinski definition) is 1. The van der Waals surface area contributed by atoms with Crippen molar-refractivity contribution in [3.8, 4) is 0 Å². The van der Waals surface area contributed by atoms with Gasteiger partial charge in [0.05, 0.1) is 26.1 Å². The number of carboxylic acid groups (broad SMARTS) is 1. The quantitative estimate of drug-likeness (QED) is 0.237. The summed E-state index contributed by atoms with van der Waals surface area (Å²) in [7, 11) is 0. The van der Waals surface area contributed by atoms with Crippen molar-refractivity contribution in [2.75, 3.05) is 13.2 Å². The van der Waals surface area contributed by atoms with Gasteiger partial charge >= 0.3 is 23.9 Å². The lowest BCUT2D eigenvalue weighted by Crippen LogP contribution is -2.48. The van der Waals surface area contributed by atoms with Gasteiger partial charge in [-0.25, -0.2) is 4.79 Å². The van der Waals surface area contributed by atoms with Crippen LogP contribution in [0.2, 0.25) is 0 Å². The molecule has 0 radical (unpaired) electrons. The van der Waals surface area contributed by atoms with Crippen LogP contribution < -0.4 is 0 Å². The van der Waals surface area contributed by atoms with Gasteiger partial charge in [-0.15, -0.1) is 0 Å². The number of aliphatic carboxylic acids is 1. The van der Waals surface area contributed by atoms with Crippen LogP contribution in [0.5, 0.6) is 0 Å². The average molecular weight is 402 g/mol. The van der Waals surface area contributed by atoms with Crippen LogP contribution in [0.25, 0.3) is 0 Å². The van der Waals surface area contributed by atoms with Crippen LogP contribution >= 0.6 is 0 Å². The first-order valence-corrected chi connectivity index (χ1v) is 10.0. The van der Waals surface area contributed by atoms with E-state index in [-0.39, 0.29) is 13.2 Å². The summed E-state index contributed by atoms with van der Waals surface area (Å²) in [6.45, 7) is 5.36. The van der Waals surface area contributed by atoms with E-state index in [0.29, 0.717) is 12.8 Å². The fourth-order valence-electron chi connectivity index (χ4n) is 2.66. The zero-order valence-electron chi connectivity index (χ0n) is 17.3. The molecule has 0 rings (SSSR count). The molecule has 0 fully saturated rings. The van der Waals surface area contributed by atoms with Gasteiger partial charge in [-0.1, -0.05) is 52.4 Å². The zero-order valence-corrected chi connectivity index (χ0v) is 17.3. The SMILES string of the molecule is CCCCCCOC(=O)CC(CC(=O)O)(OC(C)=O)C(=O)OCCCCCC. The van der Waals surface area contributed by atoms with Crippen molar-refractivity contribution in [2.24, 2.45) is 0 Å². The fourth-order valence-corrected chi connectivity index (χ4v) is 2.66. The van der Waals surface area contributed by atoms with Crippen LogP contribution in [0.1, 0.15) is 85.0 Å². The van der Waals surface area contributed by atoms with E-state index in [1.165, 1.54) is 0 Å². The van der Waals surface area contributed by atoms with Crippen molar-refractivity contribution in [1.29, 1.82) is 0 Å². The van der Waals surface area contributed by atoms with Gasteiger partial charge < -0.3 is 19.3 Å². The molecule has 0 saturated heterocycles. The van der Waals surface area contributed by atoms with Crippen molar-refractivity contribution < 1.29 is 38.5 Å². The van der Waals surface area contributed by atoms with Gasteiger partial charge in [-0.2, -0.15) is 0 Å². The highest BCUT2D eigenvalue weighted by Gasteiger charge is 2.48. The summed E-state index contributed by atoms with van der Waals surface area (Å²) < 4.78 is 15.2. The molecule has 8 heteroatoms. The van der Waals surface area contributed by atoms with Gasteiger partial charge in [0, 0.05) is 6.92 Å². The highest BCUT2D eigenvalue weighted by Crippen LogP contribution is 2.25. The van der Waals surface area contributed by atoms with E-state index in [9.17, 15) is 24.3 Å². The molecule has 0 heterocycles. The molecular weight excluding hydrogens is 368 g/mol. The second-order valence-corrected chi connectivity index (χ2v) is 6.81. The number of unbranched alkanes of at least 4 members (excludes halogenated alkanes) is 6. The molecule has 0 amide bonds. The largest absolute Gasteiger partial charge is 0.481 e. The maximum Gasteiger partial charge on any atom is 0.351 e. The first kappa shape index (κ1) is 25.9.